The van der Waals surface area contributed by atoms with E-state index in [1.54, 1.807) is 18.2 Å². The molecule has 8 heteroatoms. The molecular weight excluding hydrogens is 411 g/mol. The van der Waals surface area contributed by atoms with Crippen LogP contribution in [0.5, 0.6) is 5.75 Å². The summed E-state index contributed by atoms with van der Waals surface area (Å²) in [5.74, 6) is -2.26. The first-order valence-corrected chi connectivity index (χ1v) is 8.23. The normalized spacial score (nSPS) is 16.3. The topological polar surface area (TPSA) is 69.6 Å². The number of phenolic OH excluding ortho intramolecular Hbond substituents is 1. The van der Waals surface area contributed by atoms with Crippen LogP contribution in [0.4, 0.5) is 10.1 Å². The summed E-state index contributed by atoms with van der Waals surface area (Å²) in [4.78, 5) is 25.8. The van der Waals surface area contributed by atoms with Crippen LogP contribution in [0, 0.1) is 5.82 Å². The number of hydrogen-bond donors (Lipinski definition) is 2. The molecule has 25 heavy (non-hydrogen) atoms. The minimum atomic E-state index is -0.779. The number of anilines is 1. The first kappa shape index (κ1) is 17.2. The lowest BCUT2D eigenvalue weighted by molar-refractivity contribution is -0.122. The summed E-state index contributed by atoms with van der Waals surface area (Å²) in [5.41, 5.74) is -0.0821. The number of nitrogens with one attached hydrogen (secondary N) is 1. The third-order valence-corrected chi connectivity index (χ3v) is 4.26. The first-order chi connectivity index (χ1) is 11.9. The van der Waals surface area contributed by atoms with Crippen molar-refractivity contribution in [1.82, 2.24) is 5.32 Å². The number of halogens is 2. The average molecular weight is 421 g/mol. The van der Waals surface area contributed by atoms with E-state index in [0.717, 1.165) is 4.90 Å². The number of phenols is 1. The number of thiocarbonyl (C=S) groups is 1. The van der Waals surface area contributed by atoms with Crippen LogP contribution >= 0.6 is 28.1 Å². The molecule has 1 aliphatic heterocycles. The van der Waals surface area contributed by atoms with Gasteiger partial charge in [-0.15, -0.1) is 0 Å². The predicted molar refractivity (Wildman–Crippen MR) is 98.4 cm³/mol. The molecule has 5 nitrogen and oxygen atoms in total. The fourth-order valence-electron chi connectivity index (χ4n) is 2.31. The van der Waals surface area contributed by atoms with Gasteiger partial charge in [0.1, 0.15) is 17.1 Å². The van der Waals surface area contributed by atoms with Gasteiger partial charge in [-0.2, -0.15) is 0 Å². The van der Waals surface area contributed by atoms with Gasteiger partial charge in [0, 0.05) is 10.0 Å². The summed E-state index contributed by atoms with van der Waals surface area (Å²) in [6.07, 6.45) is 1.23. The molecule has 3 rings (SSSR count). The highest BCUT2D eigenvalue weighted by molar-refractivity contribution is 9.10. The highest BCUT2D eigenvalue weighted by Crippen LogP contribution is 2.28. The average Bonchev–Trinajstić information content (AvgIpc) is 2.56. The van der Waals surface area contributed by atoms with Crippen LogP contribution in [0.2, 0.25) is 0 Å². The molecule has 2 amide bonds. The molecule has 0 unspecified atom stereocenters. The van der Waals surface area contributed by atoms with Gasteiger partial charge < -0.3 is 5.11 Å². The number of amides is 2. The molecule has 1 saturated heterocycles. The largest absolute Gasteiger partial charge is 0.507 e. The highest BCUT2D eigenvalue weighted by Gasteiger charge is 2.35. The summed E-state index contributed by atoms with van der Waals surface area (Å²) in [7, 11) is 0. The Morgan fingerprint density at radius 2 is 1.92 bits per heavy atom. The zero-order chi connectivity index (χ0) is 18.1. The molecule has 0 spiro atoms. The van der Waals surface area contributed by atoms with Gasteiger partial charge in [0.2, 0.25) is 0 Å². The van der Waals surface area contributed by atoms with Crippen LogP contribution in [0.25, 0.3) is 6.08 Å². The Bertz CT molecular complexity index is 945. The molecule has 126 valence electrons. The number of carbonyl (C=O) groups is 2. The SMILES string of the molecule is O=C1NC(=S)N(c2ccccc2F)C(=O)/C1=C/c1cc(Br)ccc1O. The summed E-state index contributed by atoms with van der Waals surface area (Å²) in [6, 6.07) is 10.2. The molecule has 0 radical (unpaired) electrons. The molecule has 0 saturated carbocycles. The number of nitrogens with zero attached hydrogens (tertiary/aromatic N) is 1. The zero-order valence-corrected chi connectivity index (χ0v) is 14.9. The minimum absolute atomic E-state index is 0.0677. The van der Waals surface area contributed by atoms with Crippen LogP contribution in [-0.2, 0) is 9.59 Å². The Hall–Kier alpha value is -2.58. The third-order valence-electron chi connectivity index (χ3n) is 3.48. The second kappa shape index (κ2) is 6.73. The smallest absolute Gasteiger partial charge is 0.270 e. The lowest BCUT2D eigenvalue weighted by atomic mass is 10.1. The van der Waals surface area contributed by atoms with Crippen molar-refractivity contribution in [3.8, 4) is 5.75 Å². The summed E-state index contributed by atoms with van der Waals surface area (Å²) in [6.45, 7) is 0. The molecule has 0 aromatic heterocycles. The van der Waals surface area contributed by atoms with Crippen molar-refractivity contribution in [3.05, 3.63) is 63.9 Å². The maximum absolute atomic E-state index is 14.1. The molecule has 0 bridgehead atoms. The third kappa shape index (κ3) is 3.31. The summed E-state index contributed by atoms with van der Waals surface area (Å²) in [5, 5.41) is 12.1. The fraction of sp³-hybridized carbons (Fsp3) is 0. The van der Waals surface area contributed by atoms with E-state index in [1.165, 1.54) is 30.3 Å². The second-order valence-corrected chi connectivity index (χ2v) is 6.41. The molecule has 2 aromatic carbocycles. The number of rotatable bonds is 2. The second-order valence-electron chi connectivity index (χ2n) is 5.11. The van der Waals surface area contributed by atoms with Crippen LogP contribution in [-0.4, -0.2) is 22.0 Å². The van der Waals surface area contributed by atoms with E-state index in [1.807, 2.05) is 0 Å². The Morgan fingerprint density at radius 1 is 1.20 bits per heavy atom. The van der Waals surface area contributed by atoms with E-state index in [0.29, 0.717) is 4.47 Å². The van der Waals surface area contributed by atoms with Crippen LogP contribution < -0.4 is 10.2 Å². The maximum Gasteiger partial charge on any atom is 0.270 e. The van der Waals surface area contributed by atoms with Crippen molar-refractivity contribution < 1.29 is 19.1 Å². The molecule has 2 N–H and O–H groups in total. The lowest BCUT2D eigenvalue weighted by Gasteiger charge is -2.29. The van der Waals surface area contributed by atoms with Crippen molar-refractivity contribution in [3.63, 3.8) is 0 Å². The van der Waals surface area contributed by atoms with Gasteiger partial charge in [-0.05, 0) is 48.6 Å². The minimum Gasteiger partial charge on any atom is -0.507 e. The van der Waals surface area contributed by atoms with Crippen molar-refractivity contribution in [2.24, 2.45) is 0 Å². The van der Waals surface area contributed by atoms with E-state index in [2.05, 4.69) is 21.2 Å². The molecule has 0 aliphatic carbocycles. The molecular formula is C17H10BrFN2O3S. The maximum atomic E-state index is 14.1. The van der Waals surface area contributed by atoms with Crippen LogP contribution in [0.15, 0.2) is 52.5 Å². The first-order valence-electron chi connectivity index (χ1n) is 7.03. The number of benzene rings is 2. The molecule has 1 fully saturated rings. The molecule has 1 heterocycles. The quantitative estimate of drug-likeness (QED) is 0.444. The predicted octanol–water partition coefficient (Wildman–Crippen LogP) is 3.13. The summed E-state index contributed by atoms with van der Waals surface area (Å²) < 4.78 is 14.7. The molecule has 0 atom stereocenters. The zero-order valence-electron chi connectivity index (χ0n) is 12.5. The Labute approximate surface area is 155 Å². The van der Waals surface area contributed by atoms with Crippen LogP contribution in [0.3, 0.4) is 0 Å². The van der Waals surface area contributed by atoms with Gasteiger partial charge in [0.15, 0.2) is 5.11 Å². The molecule has 2 aromatic rings. The number of hydrogen-bond acceptors (Lipinski definition) is 4. The van der Waals surface area contributed by atoms with E-state index in [9.17, 15) is 19.1 Å². The van der Waals surface area contributed by atoms with E-state index < -0.39 is 17.6 Å². The van der Waals surface area contributed by atoms with Crippen LogP contribution in [0.1, 0.15) is 5.56 Å². The van der Waals surface area contributed by atoms with Gasteiger partial charge in [-0.3, -0.25) is 14.9 Å². The number of carbonyl (C=O) groups excluding carboxylic acids is 2. The Balaban J connectivity index is 2.09. The van der Waals surface area contributed by atoms with Gasteiger partial charge in [0.05, 0.1) is 5.69 Å². The van der Waals surface area contributed by atoms with Gasteiger partial charge in [-0.1, -0.05) is 28.1 Å². The monoisotopic (exact) mass is 420 g/mol. The number of aromatic hydroxyl groups is 1. The summed E-state index contributed by atoms with van der Waals surface area (Å²) >= 11 is 8.26. The lowest BCUT2D eigenvalue weighted by Crippen LogP contribution is -2.54. The van der Waals surface area contributed by atoms with Gasteiger partial charge in [0.25, 0.3) is 11.8 Å². The van der Waals surface area contributed by atoms with Crippen molar-refractivity contribution in [2.45, 2.75) is 0 Å². The fourth-order valence-corrected chi connectivity index (χ4v) is 2.96. The Kier molecular flexibility index (Phi) is 4.65. The highest BCUT2D eigenvalue weighted by atomic mass is 79.9. The standard InChI is InChI=1S/C17H10BrFN2O3S/c18-10-5-6-14(22)9(7-10)8-11-15(23)20-17(25)21(16(11)24)13-4-2-1-3-12(13)19/h1-8,22H,(H,20,23,25)/b11-8+. The Morgan fingerprint density at radius 3 is 2.64 bits per heavy atom. The van der Waals surface area contributed by atoms with E-state index in [4.69, 9.17) is 12.2 Å². The van der Waals surface area contributed by atoms with Crippen molar-refractivity contribution >= 4 is 56.8 Å². The van der Waals surface area contributed by atoms with E-state index >= 15 is 0 Å². The van der Waals surface area contributed by atoms with Crippen molar-refractivity contribution in [1.29, 1.82) is 0 Å². The van der Waals surface area contributed by atoms with Gasteiger partial charge >= 0.3 is 0 Å². The van der Waals surface area contributed by atoms with Crippen molar-refractivity contribution in [2.75, 3.05) is 4.90 Å². The van der Waals surface area contributed by atoms with E-state index in [-0.39, 0.29) is 27.7 Å². The molecule has 1 aliphatic rings. The van der Waals surface area contributed by atoms with Gasteiger partial charge in [-0.25, -0.2) is 9.29 Å². The number of para-hydroxylation sites is 1.